The van der Waals surface area contributed by atoms with Crippen LogP contribution in [0.4, 0.5) is 18.9 Å². The highest BCUT2D eigenvalue weighted by Crippen LogP contribution is 2.22. The Bertz CT molecular complexity index is 836. The van der Waals surface area contributed by atoms with Crippen molar-refractivity contribution < 1.29 is 22.7 Å². The van der Waals surface area contributed by atoms with Gasteiger partial charge in [0.2, 0.25) is 5.91 Å². The van der Waals surface area contributed by atoms with E-state index in [4.69, 9.17) is 5.73 Å². The fourth-order valence-electron chi connectivity index (χ4n) is 2.43. The summed E-state index contributed by atoms with van der Waals surface area (Å²) >= 11 is 0. The smallest absolute Gasteiger partial charge is 0.406 e. The van der Waals surface area contributed by atoms with Gasteiger partial charge in [-0.3, -0.25) is 4.79 Å². The number of anilines is 1. The Labute approximate surface area is 167 Å². The second-order valence-electron chi connectivity index (χ2n) is 6.25. The molecule has 0 radical (unpaired) electrons. The Morgan fingerprint density at radius 2 is 1.86 bits per heavy atom. The molecular formula is C20H23F3N4O2. The first-order valence-corrected chi connectivity index (χ1v) is 9.02. The van der Waals surface area contributed by atoms with Crippen LogP contribution >= 0.6 is 0 Å². The summed E-state index contributed by atoms with van der Waals surface area (Å²) in [5.41, 5.74) is 8.13. The van der Waals surface area contributed by atoms with Gasteiger partial charge in [-0.2, -0.15) is 0 Å². The second kappa shape index (κ2) is 10.4. The van der Waals surface area contributed by atoms with Gasteiger partial charge in [-0.05, 0) is 41.8 Å². The number of aliphatic imine (C=N–C) groups is 1. The van der Waals surface area contributed by atoms with E-state index >= 15 is 0 Å². The number of hydrogen-bond donors (Lipinski definition) is 3. The number of nitrogens with zero attached hydrogens (tertiary/aromatic N) is 1. The number of carbonyl (C=O) groups excluding carboxylic acids is 1. The number of carbonyl (C=O) groups is 1. The molecule has 2 aromatic rings. The number of nitrogens with two attached hydrogens (primary N) is 1. The van der Waals surface area contributed by atoms with E-state index < -0.39 is 6.36 Å². The number of nitrogens with one attached hydrogen (secondary N) is 2. The van der Waals surface area contributed by atoms with Crippen molar-refractivity contribution in [3.05, 3.63) is 59.7 Å². The van der Waals surface area contributed by atoms with Crippen LogP contribution in [0.3, 0.4) is 0 Å². The Hall–Kier alpha value is -3.23. The first-order valence-electron chi connectivity index (χ1n) is 9.02. The number of guanidine groups is 1. The van der Waals surface area contributed by atoms with Crippen molar-refractivity contribution in [1.29, 1.82) is 0 Å². The first-order chi connectivity index (χ1) is 13.7. The largest absolute Gasteiger partial charge is 0.573 e. The van der Waals surface area contributed by atoms with Crippen LogP contribution in [0.15, 0.2) is 53.5 Å². The summed E-state index contributed by atoms with van der Waals surface area (Å²) in [5.74, 6) is -0.129. The van der Waals surface area contributed by atoms with Crippen molar-refractivity contribution in [3.8, 4) is 5.75 Å². The highest BCUT2D eigenvalue weighted by atomic mass is 19.4. The van der Waals surface area contributed by atoms with Gasteiger partial charge in [0.05, 0.1) is 6.54 Å². The van der Waals surface area contributed by atoms with Crippen molar-refractivity contribution in [2.45, 2.75) is 39.2 Å². The molecule has 0 heterocycles. The predicted molar refractivity (Wildman–Crippen MR) is 105 cm³/mol. The fraction of sp³-hybridized carbons (Fsp3) is 0.300. The lowest BCUT2D eigenvalue weighted by Crippen LogP contribution is -2.31. The minimum absolute atomic E-state index is 0.0408. The average molecular weight is 408 g/mol. The monoisotopic (exact) mass is 408 g/mol. The van der Waals surface area contributed by atoms with Gasteiger partial charge in [0.25, 0.3) is 0 Å². The summed E-state index contributed by atoms with van der Waals surface area (Å²) in [7, 11) is 0. The lowest BCUT2D eigenvalue weighted by molar-refractivity contribution is -0.274. The molecule has 0 aliphatic heterocycles. The standard InChI is InChI=1S/C20H23F3N4O2/c1-2-4-18(28)27-16-6-3-5-15(11-16)13-26-19(24)25-12-14-7-9-17(10-8-14)29-20(21,22)23/h3,5-11H,2,4,12-13H2,1H3,(H,27,28)(H3,24,25,26). The van der Waals surface area contributed by atoms with Crippen LogP contribution in [0.2, 0.25) is 0 Å². The molecule has 0 aromatic heterocycles. The zero-order valence-corrected chi connectivity index (χ0v) is 15.9. The number of ether oxygens (including phenoxy) is 1. The van der Waals surface area contributed by atoms with Gasteiger partial charge < -0.3 is 21.1 Å². The summed E-state index contributed by atoms with van der Waals surface area (Å²) in [6.07, 6.45) is -3.48. The van der Waals surface area contributed by atoms with E-state index in [-0.39, 0.29) is 17.6 Å². The maximum absolute atomic E-state index is 12.2. The second-order valence-corrected chi connectivity index (χ2v) is 6.25. The van der Waals surface area contributed by atoms with Gasteiger partial charge in [0, 0.05) is 18.7 Å². The normalized spacial score (nSPS) is 11.8. The van der Waals surface area contributed by atoms with Gasteiger partial charge in [-0.15, -0.1) is 13.2 Å². The highest BCUT2D eigenvalue weighted by Gasteiger charge is 2.30. The molecule has 6 nitrogen and oxygen atoms in total. The molecule has 0 fully saturated rings. The minimum atomic E-state index is -4.72. The van der Waals surface area contributed by atoms with Crippen LogP contribution in [0.1, 0.15) is 30.9 Å². The summed E-state index contributed by atoms with van der Waals surface area (Å²) in [6.45, 7) is 2.55. The Morgan fingerprint density at radius 1 is 1.14 bits per heavy atom. The van der Waals surface area contributed by atoms with Crippen LogP contribution in [-0.2, 0) is 17.9 Å². The third-order valence-electron chi connectivity index (χ3n) is 3.75. The lowest BCUT2D eigenvalue weighted by atomic mass is 10.2. The molecule has 0 aliphatic carbocycles. The number of amides is 1. The van der Waals surface area contributed by atoms with Crippen LogP contribution in [0.25, 0.3) is 0 Å². The van der Waals surface area contributed by atoms with Crippen LogP contribution in [-0.4, -0.2) is 18.2 Å². The van der Waals surface area contributed by atoms with Crippen molar-refractivity contribution in [2.24, 2.45) is 10.7 Å². The van der Waals surface area contributed by atoms with E-state index in [1.807, 2.05) is 25.1 Å². The van der Waals surface area contributed by atoms with Crippen molar-refractivity contribution in [2.75, 3.05) is 5.32 Å². The Kier molecular flexibility index (Phi) is 7.88. The van der Waals surface area contributed by atoms with Crippen LogP contribution in [0.5, 0.6) is 5.75 Å². The first kappa shape index (κ1) is 22.1. The number of benzene rings is 2. The van der Waals surface area contributed by atoms with E-state index in [0.717, 1.165) is 17.5 Å². The Balaban J connectivity index is 1.85. The molecular weight excluding hydrogens is 385 g/mol. The fourth-order valence-corrected chi connectivity index (χ4v) is 2.43. The SMILES string of the molecule is CCCC(=O)Nc1cccc(CN=C(N)NCc2ccc(OC(F)(F)F)cc2)c1. The molecule has 0 aliphatic rings. The van der Waals surface area contributed by atoms with Crippen molar-refractivity contribution in [1.82, 2.24) is 5.32 Å². The van der Waals surface area contributed by atoms with Crippen LogP contribution < -0.4 is 21.1 Å². The molecule has 0 unspecified atom stereocenters. The average Bonchev–Trinajstić information content (AvgIpc) is 2.65. The van der Waals surface area contributed by atoms with E-state index in [1.54, 1.807) is 6.07 Å². The number of hydrogen-bond acceptors (Lipinski definition) is 3. The van der Waals surface area contributed by atoms with Crippen molar-refractivity contribution >= 4 is 17.6 Å². The highest BCUT2D eigenvalue weighted by molar-refractivity contribution is 5.90. The summed E-state index contributed by atoms with van der Waals surface area (Å²) < 4.78 is 40.3. The maximum Gasteiger partial charge on any atom is 0.573 e. The van der Waals surface area contributed by atoms with Gasteiger partial charge in [-0.1, -0.05) is 31.2 Å². The third-order valence-corrected chi connectivity index (χ3v) is 3.75. The minimum Gasteiger partial charge on any atom is -0.406 e. The predicted octanol–water partition coefficient (Wildman–Crippen LogP) is 3.93. The summed E-state index contributed by atoms with van der Waals surface area (Å²) in [5, 5.41) is 5.72. The molecule has 2 rings (SSSR count). The van der Waals surface area contributed by atoms with Gasteiger partial charge in [-0.25, -0.2) is 4.99 Å². The van der Waals surface area contributed by atoms with Crippen LogP contribution in [0, 0.1) is 0 Å². The molecule has 2 aromatic carbocycles. The number of alkyl halides is 3. The van der Waals surface area contributed by atoms with Crippen molar-refractivity contribution in [3.63, 3.8) is 0 Å². The zero-order valence-electron chi connectivity index (χ0n) is 15.9. The third kappa shape index (κ3) is 8.54. The van der Waals surface area contributed by atoms with Gasteiger partial charge in [0.15, 0.2) is 5.96 Å². The molecule has 0 saturated heterocycles. The van der Waals surface area contributed by atoms with E-state index in [9.17, 15) is 18.0 Å². The molecule has 1 amide bonds. The molecule has 0 spiro atoms. The zero-order chi connectivity index (χ0) is 21.3. The molecule has 4 N–H and O–H groups in total. The molecule has 29 heavy (non-hydrogen) atoms. The molecule has 0 atom stereocenters. The van der Waals surface area contributed by atoms with Gasteiger partial charge >= 0.3 is 6.36 Å². The molecule has 0 bridgehead atoms. The lowest BCUT2D eigenvalue weighted by Gasteiger charge is -2.10. The topological polar surface area (TPSA) is 88.7 Å². The number of rotatable bonds is 8. The van der Waals surface area contributed by atoms with E-state index in [2.05, 4.69) is 20.4 Å². The molecule has 9 heteroatoms. The summed E-state index contributed by atoms with van der Waals surface area (Å²) in [4.78, 5) is 15.9. The van der Waals surface area contributed by atoms with E-state index in [1.165, 1.54) is 24.3 Å². The molecule has 156 valence electrons. The summed E-state index contributed by atoms with van der Waals surface area (Å²) in [6, 6.07) is 12.8. The quantitative estimate of drug-likeness (QED) is 0.456. The molecule has 0 saturated carbocycles. The van der Waals surface area contributed by atoms with Gasteiger partial charge in [0.1, 0.15) is 5.75 Å². The van der Waals surface area contributed by atoms with E-state index in [0.29, 0.717) is 25.2 Å². The number of halogens is 3. The maximum atomic E-state index is 12.2. The Morgan fingerprint density at radius 3 is 2.52 bits per heavy atom.